The van der Waals surface area contributed by atoms with Crippen molar-refractivity contribution in [3.8, 4) is 5.88 Å². The summed E-state index contributed by atoms with van der Waals surface area (Å²) in [5, 5.41) is 16.2. The van der Waals surface area contributed by atoms with E-state index in [0.717, 1.165) is 31.4 Å². The molecule has 3 N–H and O–H groups in total. The Labute approximate surface area is 137 Å². The number of aromatic hydroxyl groups is 1. The number of hydrazone groups is 1. The first-order chi connectivity index (χ1) is 11.1. The van der Waals surface area contributed by atoms with E-state index in [0.29, 0.717) is 0 Å². The van der Waals surface area contributed by atoms with Gasteiger partial charge in [0, 0.05) is 18.9 Å². The van der Waals surface area contributed by atoms with Crippen LogP contribution in [0.25, 0.3) is 0 Å². The zero-order valence-electron chi connectivity index (χ0n) is 12.4. The second-order valence-corrected chi connectivity index (χ2v) is 5.78. The highest BCUT2D eigenvalue weighted by Gasteiger charge is 2.22. The van der Waals surface area contributed by atoms with Crippen LogP contribution in [0.15, 0.2) is 34.4 Å². The number of pyridine rings is 1. The van der Waals surface area contributed by atoms with E-state index in [-0.39, 0.29) is 22.3 Å². The maximum absolute atomic E-state index is 11.9. The summed E-state index contributed by atoms with van der Waals surface area (Å²) in [4.78, 5) is 21.0. The van der Waals surface area contributed by atoms with E-state index in [1.54, 1.807) is 6.20 Å². The van der Waals surface area contributed by atoms with Crippen LogP contribution in [0.4, 0.5) is 0 Å². The predicted octanol–water partition coefficient (Wildman–Crippen LogP) is 2.09. The lowest BCUT2D eigenvalue weighted by atomic mass is 9.98. The monoisotopic (exact) mass is 331 g/mol. The van der Waals surface area contributed by atoms with Crippen LogP contribution in [0.2, 0.25) is 0 Å². The third kappa shape index (κ3) is 3.48. The van der Waals surface area contributed by atoms with E-state index >= 15 is 0 Å². The molecular formula is C15H17N5O2S. The summed E-state index contributed by atoms with van der Waals surface area (Å²) in [6.07, 6.45) is 8.08. The van der Waals surface area contributed by atoms with E-state index < -0.39 is 5.56 Å². The molecule has 1 saturated heterocycles. The number of nitrogens with zero attached hydrogens (tertiary/aromatic N) is 3. The lowest BCUT2D eigenvalue weighted by Gasteiger charge is -2.33. The van der Waals surface area contributed by atoms with Gasteiger partial charge in [0.2, 0.25) is 5.88 Å². The summed E-state index contributed by atoms with van der Waals surface area (Å²) < 4.78 is 0.0795. The van der Waals surface area contributed by atoms with Crippen LogP contribution in [0.3, 0.4) is 0 Å². The highest BCUT2D eigenvalue weighted by molar-refractivity contribution is 7.71. The fourth-order valence-corrected chi connectivity index (χ4v) is 2.89. The van der Waals surface area contributed by atoms with Crippen molar-refractivity contribution in [3.05, 3.63) is 50.8 Å². The molecule has 2 aromatic rings. The molecule has 0 aliphatic carbocycles. The lowest BCUT2D eigenvalue weighted by molar-refractivity contribution is 0.156. The Balaban J connectivity index is 1.88. The molecular weight excluding hydrogens is 314 g/mol. The second kappa shape index (κ2) is 6.74. The molecule has 2 aromatic heterocycles. The second-order valence-electron chi connectivity index (χ2n) is 5.38. The summed E-state index contributed by atoms with van der Waals surface area (Å²) in [5.41, 5.74) is 0.689. The minimum absolute atomic E-state index is 0.0640. The Bertz CT molecular complexity index is 815. The summed E-state index contributed by atoms with van der Waals surface area (Å²) in [6, 6.07) is 4.05. The minimum atomic E-state index is -0.468. The summed E-state index contributed by atoms with van der Waals surface area (Å²) in [5.74, 6) is -0.280. The molecule has 1 fully saturated rings. The van der Waals surface area contributed by atoms with Crippen molar-refractivity contribution in [2.24, 2.45) is 5.10 Å². The van der Waals surface area contributed by atoms with Crippen molar-refractivity contribution in [1.82, 2.24) is 20.0 Å². The largest absolute Gasteiger partial charge is 0.494 e. The van der Waals surface area contributed by atoms with Gasteiger partial charge in [-0.1, -0.05) is 6.07 Å². The molecule has 0 amide bonds. The fraction of sp³-hybridized carbons (Fsp3) is 0.333. The van der Waals surface area contributed by atoms with Crippen LogP contribution in [0.5, 0.6) is 5.88 Å². The Morgan fingerprint density at radius 2 is 2.30 bits per heavy atom. The summed E-state index contributed by atoms with van der Waals surface area (Å²) in [6.45, 7) is 0.789. The average molecular weight is 331 g/mol. The van der Waals surface area contributed by atoms with E-state index in [1.807, 2.05) is 23.3 Å². The molecule has 7 nitrogen and oxygen atoms in total. The highest BCUT2D eigenvalue weighted by atomic mass is 32.1. The molecule has 8 heteroatoms. The van der Waals surface area contributed by atoms with Crippen LogP contribution in [-0.2, 0) is 0 Å². The topological polar surface area (TPSA) is 97.4 Å². The van der Waals surface area contributed by atoms with Gasteiger partial charge >= 0.3 is 0 Å². The van der Waals surface area contributed by atoms with Crippen LogP contribution in [0, 0.1) is 4.77 Å². The average Bonchev–Trinajstić information content (AvgIpc) is 2.55. The number of nitrogens with one attached hydrogen (secondary N) is 2. The number of hydrogen-bond donors (Lipinski definition) is 3. The first-order valence-corrected chi connectivity index (χ1v) is 7.82. The van der Waals surface area contributed by atoms with E-state index in [9.17, 15) is 9.90 Å². The van der Waals surface area contributed by atoms with Crippen molar-refractivity contribution < 1.29 is 5.11 Å². The van der Waals surface area contributed by atoms with E-state index in [2.05, 4.69) is 20.1 Å². The van der Waals surface area contributed by atoms with Gasteiger partial charge in [-0.05, 0) is 43.1 Å². The molecule has 3 heterocycles. The van der Waals surface area contributed by atoms with Crippen molar-refractivity contribution in [1.29, 1.82) is 0 Å². The zero-order valence-corrected chi connectivity index (χ0v) is 13.2. The van der Waals surface area contributed by atoms with Gasteiger partial charge in [0.05, 0.1) is 12.3 Å². The predicted molar refractivity (Wildman–Crippen MR) is 89.0 cm³/mol. The third-order valence-corrected chi connectivity index (χ3v) is 4.04. The van der Waals surface area contributed by atoms with Gasteiger partial charge in [0.1, 0.15) is 5.56 Å². The van der Waals surface area contributed by atoms with Crippen LogP contribution in [-0.4, -0.2) is 37.8 Å². The molecule has 3 rings (SSSR count). The number of hydrogen-bond acceptors (Lipinski definition) is 6. The summed E-state index contributed by atoms with van der Waals surface area (Å²) >= 11 is 4.81. The molecule has 0 unspecified atom stereocenters. The quantitative estimate of drug-likeness (QED) is 0.591. The minimum Gasteiger partial charge on any atom is -0.494 e. The number of H-pyrrole nitrogens is 2. The number of rotatable bonds is 3. The fourth-order valence-electron chi connectivity index (χ4n) is 2.70. The molecule has 0 bridgehead atoms. The maximum atomic E-state index is 11.9. The zero-order chi connectivity index (χ0) is 16.2. The maximum Gasteiger partial charge on any atom is 0.264 e. The molecule has 0 saturated carbocycles. The van der Waals surface area contributed by atoms with Gasteiger partial charge in [-0.3, -0.25) is 19.8 Å². The van der Waals surface area contributed by atoms with Crippen LogP contribution in [0.1, 0.15) is 36.4 Å². The van der Waals surface area contributed by atoms with Crippen LogP contribution < -0.4 is 5.56 Å². The Morgan fingerprint density at radius 1 is 1.43 bits per heavy atom. The van der Waals surface area contributed by atoms with Crippen molar-refractivity contribution in [3.63, 3.8) is 0 Å². The van der Waals surface area contributed by atoms with Gasteiger partial charge in [0.15, 0.2) is 4.77 Å². The lowest BCUT2D eigenvalue weighted by Crippen LogP contribution is -2.29. The number of aromatic amines is 2. The molecule has 120 valence electrons. The Hall–Kier alpha value is -2.48. The first kappa shape index (κ1) is 15.4. The standard InChI is InChI=1S/C15H17N5O2S/c21-13-11(14(22)19-15(23)18-13)9-17-20-7-2-1-5-12(20)10-4-3-6-16-8-10/h3-4,6,8-9,12H,1-2,5,7H2,(H3,18,19,21,22,23)/t12-/m1/s1. The van der Waals surface area contributed by atoms with E-state index in [1.165, 1.54) is 6.21 Å². The van der Waals surface area contributed by atoms with Gasteiger partial charge in [-0.25, -0.2) is 0 Å². The van der Waals surface area contributed by atoms with Crippen molar-refractivity contribution in [2.45, 2.75) is 25.3 Å². The molecule has 0 radical (unpaired) electrons. The molecule has 23 heavy (non-hydrogen) atoms. The molecule has 0 aromatic carbocycles. The molecule has 1 atom stereocenters. The summed E-state index contributed by atoms with van der Waals surface area (Å²) in [7, 11) is 0. The number of piperidine rings is 1. The van der Waals surface area contributed by atoms with Gasteiger partial charge in [-0.2, -0.15) is 5.10 Å². The molecule has 0 spiro atoms. The smallest absolute Gasteiger partial charge is 0.264 e. The normalized spacial score (nSPS) is 18.4. The number of aromatic nitrogens is 3. The molecule has 1 aliphatic rings. The molecule has 1 aliphatic heterocycles. The van der Waals surface area contributed by atoms with Crippen LogP contribution >= 0.6 is 12.2 Å². The third-order valence-electron chi connectivity index (χ3n) is 3.84. The van der Waals surface area contributed by atoms with Gasteiger partial charge in [0.25, 0.3) is 5.56 Å². The SMILES string of the molecule is O=c1[nH]c(=S)[nH]c(O)c1C=NN1CCCC[C@@H]1c1cccnc1. The first-order valence-electron chi connectivity index (χ1n) is 7.41. The van der Waals surface area contributed by atoms with Gasteiger partial charge < -0.3 is 10.1 Å². The van der Waals surface area contributed by atoms with Gasteiger partial charge in [-0.15, -0.1) is 0 Å². The Kier molecular flexibility index (Phi) is 4.52. The Morgan fingerprint density at radius 3 is 3.04 bits per heavy atom. The van der Waals surface area contributed by atoms with Crippen molar-refractivity contribution >= 4 is 18.4 Å². The van der Waals surface area contributed by atoms with Crippen molar-refractivity contribution in [2.75, 3.05) is 6.54 Å². The highest BCUT2D eigenvalue weighted by Crippen LogP contribution is 2.30. The van der Waals surface area contributed by atoms with E-state index in [4.69, 9.17) is 12.2 Å².